The fourth-order valence-electron chi connectivity index (χ4n) is 3.78. The predicted molar refractivity (Wildman–Crippen MR) is 117 cm³/mol. The van der Waals surface area contributed by atoms with Crippen molar-refractivity contribution in [2.24, 2.45) is 0 Å². The van der Waals surface area contributed by atoms with E-state index in [4.69, 9.17) is 4.74 Å². The molecule has 6 heteroatoms. The van der Waals surface area contributed by atoms with Crippen LogP contribution in [0.5, 0.6) is 0 Å². The molecule has 0 aliphatic heterocycles. The number of carbonyl (C=O) groups is 3. The van der Waals surface area contributed by atoms with Crippen LogP contribution in [0, 0.1) is 20.8 Å². The van der Waals surface area contributed by atoms with Crippen LogP contribution in [0.1, 0.15) is 61.9 Å². The van der Waals surface area contributed by atoms with Crippen LogP contribution in [0.2, 0.25) is 0 Å². The number of Topliss-reactive ketones (excluding diaryl/α,β-unsaturated/α-hetero) is 1. The molecule has 2 aromatic rings. The SMILES string of the molecule is C=CCN(C(=O)c1ccc(C)cc1)[C@@H](C)C(=O)c1c(C)c(C(=O)OC)n(CC)c1C. The molecule has 1 heterocycles. The van der Waals surface area contributed by atoms with E-state index in [1.165, 1.54) is 12.0 Å². The highest BCUT2D eigenvalue weighted by atomic mass is 16.5. The molecule has 0 spiro atoms. The van der Waals surface area contributed by atoms with Crippen LogP contribution >= 0.6 is 0 Å². The lowest BCUT2D eigenvalue weighted by atomic mass is 9.99. The van der Waals surface area contributed by atoms with Crippen molar-refractivity contribution in [3.63, 3.8) is 0 Å². The van der Waals surface area contributed by atoms with Gasteiger partial charge in [-0.15, -0.1) is 6.58 Å². The Labute approximate surface area is 178 Å². The summed E-state index contributed by atoms with van der Waals surface area (Å²) in [5.41, 5.74) is 3.64. The van der Waals surface area contributed by atoms with E-state index in [0.29, 0.717) is 34.6 Å². The highest BCUT2D eigenvalue weighted by Gasteiger charge is 2.32. The van der Waals surface area contributed by atoms with E-state index >= 15 is 0 Å². The van der Waals surface area contributed by atoms with Crippen LogP contribution in [0.4, 0.5) is 0 Å². The largest absolute Gasteiger partial charge is 0.464 e. The smallest absolute Gasteiger partial charge is 0.354 e. The quantitative estimate of drug-likeness (QED) is 0.373. The van der Waals surface area contributed by atoms with Gasteiger partial charge >= 0.3 is 5.97 Å². The Hall–Kier alpha value is -3.15. The number of rotatable bonds is 8. The van der Waals surface area contributed by atoms with E-state index in [1.54, 1.807) is 36.6 Å². The molecule has 0 radical (unpaired) electrons. The van der Waals surface area contributed by atoms with Gasteiger partial charge in [0.15, 0.2) is 5.78 Å². The van der Waals surface area contributed by atoms with Crippen molar-refractivity contribution in [3.05, 3.63) is 70.6 Å². The van der Waals surface area contributed by atoms with Gasteiger partial charge < -0.3 is 14.2 Å². The third-order valence-electron chi connectivity index (χ3n) is 5.44. The number of ether oxygens (including phenoxy) is 1. The second kappa shape index (κ2) is 9.57. The lowest BCUT2D eigenvalue weighted by molar-refractivity contribution is 0.0587. The van der Waals surface area contributed by atoms with E-state index in [2.05, 4.69) is 6.58 Å². The van der Waals surface area contributed by atoms with Gasteiger partial charge in [-0.2, -0.15) is 0 Å². The summed E-state index contributed by atoms with van der Waals surface area (Å²) >= 11 is 0. The molecular formula is C24H30N2O4. The number of hydrogen-bond donors (Lipinski definition) is 0. The Bertz CT molecular complexity index is 970. The number of benzene rings is 1. The van der Waals surface area contributed by atoms with Gasteiger partial charge in [0, 0.05) is 29.9 Å². The van der Waals surface area contributed by atoms with Gasteiger partial charge in [-0.3, -0.25) is 9.59 Å². The minimum absolute atomic E-state index is 0.218. The standard InChI is InChI=1S/C24H30N2O4/c1-8-14-26(23(28)19-12-10-15(3)11-13-19)18(6)22(27)20-16(4)21(24(29)30-7)25(9-2)17(20)5/h8,10-13,18H,1,9,14H2,2-7H3/t18-/m0/s1. The maximum atomic E-state index is 13.5. The molecule has 0 aliphatic carbocycles. The van der Waals surface area contributed by atoms with Crippen LogP contribution in [0.15, 0.2) is 36.9 Å². The van der Waals surface area contributed by atoms with Crippen LogP contribution in [0.3, 0.4) is 0 Å². The first-order valence-electron chi connectivity index (χ1n) is 10.00. The van der Waals surface area contributed by atoms with Crippen LogP contribution in [-0.4, -0.2) is 46.8 Å². The third kappa shape index (κ3) is 4.22. The number of methoxy groups -OCH3 is 1. The van der Waals surface area contributed by atoms with Crippen molar-refractivity contribution in [2.75, 3.05) is 13.7 Å². The third-order valence-corrected chi connectivity index (χ3v) is 5.44. The van der Waals surface area contributed by atoms with Gasteiger partial charge in [-0.05, 0) is 52.3 Å². The first-order valence-corrected chi connectivity index (χ1v) is 10.00. The van der Waals surface area contributed by atoms with Crippen LogP contribution in [0.25, 0.3) is 0 Å². The van der Waals surface area contributed by atoms with Gasteiger partial charge in [0.05, 0.1) is 13.2 Å². The lowest BCUT2D eigenvalue weighted by Gasteiger charge is -2.27. The van der Waals surface area contributed by atoms with Crippen molar-refractivity contribution < 1.29 is 19.1 Å². The van der Waals surface area contributed by atoms with Crippen molar-refractivity contribution in [1.29, 1.82) is 0 Å². The van der Waals surface area contributed by atoms with E-state index in [-0.39, 0.29) is 18.2 Å². The summed E-state index contributed by atoms with van der Waals surface area (Å²) in [7, 11) is 1.32. The Morgan fingerprint density at radius 1 is 1.17 bits per heavy atom. The van der Waals surface area contributed by atoms with E-state index in [9.17, 15) is 14.4 Å². The van der Waals surface area contributed by atoms with Crippen LogP contribution in [-0.2, 0) is 11.3 Å². The molecule has 0 unspecified atom stereocenters. The number of aryl methyl sites for hydroxylation is 1. The summed E-state index contributed by atoms with van der Waals surface area (Å²) in [6, 6.07) is 6.51. The molecule has 0 fully saturated rings. The molecule has 0 bridgehead atoms. The molecule has 160 valence electrons. The fourth-order valence-corrected chi connectivity index (χ4v) is 3.78. The van der Waals surface area contributed by atoms with Gasteiger partial charge in [0.25, 0.3) is 5.91 Å². The molecule has 6 nitrogen and oxygen atoms in total. The Morgan fingerprint density at radius 2 is 1.77 bits per heavy atom. The van der Waals surface area contributed by atoms with E-state index < -0.39 is 12.0 Å². The summed E-state index contributed by atoms with van der Waals surface area (Å²) < 4.78 is 6.69. The molecule has 1 aromatic carbocycles. The Morgan fingerprint density at radius 3 is 2.27 bits per heavy atom. The summed E-state index contributed by atoms with van der Waals surface area (Å²) in [6.45, 7) is 13.6. The molecule has 2 rings (SSSR count). The monoisotopic (exact) mass is 410 g/mol. The highest BCUT2D eigenvalue weighted by Crippen LogP contribution is 2.26. The topological polar surface area (TPSA) is 68.6 Å². The van der Waals surface area contributed by atoms with Crippen molar-refractivity contribution in [1.82, 2.24) is 9.47 Å². The highest BCUT2D eigenvalue weighted by molar-refractivity contribution is 6.07. The molecule has 0 saturated heterocycles. The van der Waals surface area contributed by atoms with Crippen molar-refractivity contribution in [2.45, 2.75) is 47.2 Å². The average Bonchev–Trinajstić information content (AvgIpc) is 2.99. The first kappa shape index (κ1) is 23.1. The minimum atomic E-state index is -0.729. The number of carbonyl (C=O) groups excluding carboxylic acids is 3. The number of nitrogens with zero attached hydrogens (tertiary/aromatic N) is 2. The second-order valence-corrected chi connectivity index (χ2v) is 7.32. The molecule has 1 aromatic heterocycles. The van der Waals surface area contributed by atoms with Crippen molar-refractivity contribution >= 4 is 17.7 Å². The predicted octanol–water partition coefficient (Wildman–Crippen LogP) is 4.12. The summed E-state index contributed by atoms with van der Waals surface area (Å²) in [5.74, 6) is -0.943. The average molecular weight is 411 g/mol. The maximum absolute atomic E-state index is 13.5. The molecule has 0 aliphatic rings. The molecule has 1 atom stereocenters. The summed E-state index contributed by atoms with van der Waals surface area (Å²) in [5, 5.41) is 0. The number of ketones is 1. The Balaban J connectivity index is 2.48. The zero-order valence-corrected chi connectivity index (χ0v) is 18.6. The van der Waals surface area contributed by atoms with Gasteiger partial charge in [-0.1, -0.05) is 23.8 Å². The molecule has 0 saturated carbocycles. The molecular weight excluding hydrogens is 380 g/mol. The van der Waals surface area contributed by atoms with Crippen LogP contribution < -0.4 is 0 Å². The van der Waals surface area contributed by atoms with E-state index in [0.717, 1.165) is 5.56 Å². The van der Waals surface area contributed by atoms with E-state index in [1.807, 2.05) is 32.9 Å². The first-order chi connectivity index (χ1) is 14.2. The minimum Gasteiger partial charge on any atom is -0.464 e. The fraction of sp³-hybridized carbons (Fsp3) is 0.375. The van der Waals surface area contributed by atoms with Crippen molar-refractivity contribution in [3.8, 4) is 0 Å². The zero-order chi connectivity index (χ0) is 22.6. The zero-order valence-electron chi connectivity index (χ0n) is 18.6. The summed E-state index contributed by atoms with van der Waals surface area (Å²) in [6.07, 6.45) is 1.60. The lowest BCUT2D eigenvalue weighted by Crippen LogP contribution is -2.43. The molecule has 30 heavy (non-hydrogen) atoms. The maximum Gasteiger partial charge on any atom is 0.354 e. The number of hydrogen-bond acceptors (Lipinski definition) is 4. The van der Waals surface area contributed by atoms with Gasteiger partial charge in [0.2, 0.25) is 0 Å². The van der Waals surface area contributed by atoms with Gasteiger partial charge in [-0.25, -0.2) is 4.79 Å². The molecule has 1 amide bonds. The normalized spacial score (nSPS) is 11.7. The summed E-state index contributed by atoms with van der Waals surface area (Å²) in [4.78, 5) is 40.4. The second-order valence-electron chi connectivity index (χ2n) is 7.32. The van der Waals surface area contributed by atoms with Gasteiger partial charge in [0.1, 0.15) is 5.69 Å². The number of esters is 1. The number of amides is 1. The Kier molecular flexibility index (Phi) is 7.38. The molecule has 0 N–H and O–H groups in total. The number of aromatic nitrogens is 1.